The van der Waals surface area contributed by atoms with Gasteiger partial charge in [-0.2, -0.15) is 10.2 Å². The van der Waals surface area contributed by atoms with Crippen molar-refractivity contribution in [3.63, 3.8) is 0 Å². The van der Waals surface area contributed by atoms with E-state index in [0.29, 0.717) is 11.4 Å². The van der Waals surface area contributed by atoms with E-state index < -0.39 is 10.0 Å². The number of aromatic amines is 1. The zero-order valence-electron chi connectivity index (χ0n) is 10.6. The van der Waals surface area contributed by atoms with Crippen LogP contribution in [0.5, 0.6) is 0 Å². The summed E-state index contributed by atoms with van der Waals surface area (Å²) in [6, 6.07) is 1.71. The summed E-state index contributed by atoms with van der Waals surface area (Å²) in [5.74, 6) is 0. The molecule has 2 aromatic heterocycles. The molecule has 9 heteroatoms. The van der Waals surface area contributed by atoms with Gasteiger partial charge >= 0.3 is 0 Å². The Hall–Kier alpha value is -1.71. The molecule has 0 radical (unpaired) electrons. The molecule has 0 saturated carbocycles. The summed E-state index contributed by atoms with van der Waals surface area (Å²) in [6.45, 7) is 1.33. The first-order valence-corrected chi connectivity index (χ1v) is 7.05. The largest absolute Gasteiger partial charge is 0.392 e. The van der Waals surface area contributed by atoms with Crippen molar-refractivity contribution in [1.29, 1.82) is 0 Å². The lowest BCUT2D eigenvalue weighted by Gasteiger charge is -2.04. The van der Waals surface area contributed by atoms with Gasteiger partial charge in [-0.1, -0.05) is 0 Å². The highest BCUT2D eigenvalue weighted by atomic mass is 32.2. The number of aryl methyl sites for hydroxylation is 2. The summed E-state index contributed by atoms with van der Waals surface area (Å²) in [5.41, 5.74) is 1.40. The minimum atomic E-state index is -3.77. The number of nitrogens with one attached hydrogen (secondary N) is 2. The number of H-pyrrole nitrogens is 1. The second kappa shape index (κ2) is 5.11. The molecule has 2 heterocycles. The summed E-state index contributed by atoms with van der Waals surface area (Å²) >= 11 is 0. The van der Waals surface area contributed by atoms with Gasteiger partial charge in [-0.15, -0.1) is 0 Å². The molecular weight excluding hydrogens is 270 g/mol. The third-order valence-corrected chi connectivity index (χ3v) is 4.03. The van der Waals surface area contributed by atoms with Crippen LogP contribution in [-0.2, 0) is 30.2 Å². The Kier molecular flexibility index (Phi) is 3.69. The van der Waals surface area contributed by atoms with Crippen molar-refractivity contribution in [3.05, 3.63) is 29.2 Å². The molecule has 0 spiro atoms. The van der Waals surface area contributed by atoms with Gasteiger partial charge in [0.2, 0.25) is 0 Å². The molecule has 0 amide bonds. The topological polar surface area (TPSA) is 113 Å². The van der Waals surface area contributed by atoms with E-state index in [2.05, 4.69) is 20.0 Å². The Morgan fingerprint density at radius 3 is 2.84 bits per heavy atom. The molecule has 0 unspecified atom stereocenters. The summed E-state index contributed by atoms with van der Waals surface area (Å²) in [5, 5.41) is 19.3. The van der Waals surface area contributed by atoms with E-state index >= 15 is 0 Å². The Labute approximate surface area is 110 Å². The van der Waals surface area contributed by atoms with Crippen LogP contribution in [0.15, 0.2) is 17.3 Å². The highest BCUT2D eigenvalue weighted by Crippen LogP contribution is 2.16. The molecule has 0 atom stereocenters. The fourth-order valence-corrected chi connectivity index (χ4v) is 2.82. The predicted molar refractivity (Wildman–Crippen MR) is 66.5 cm³/mol. The van der Waals surface area contributed by atoms with Crippen molar-refractivity contribution >= 4 is 10.0 Å². The number of hydrogen-bond donors (Lipinski definition) is 3. The van der Waals surface area contributed by atoms with Crippen molar-refractivity contribution in [3.8, 4) is 0 Å². The Balaban J connectivity index is 2.18. The first-order chi connectivity index (χ1) is 8.94. The lowest BCUT2D eigenvalue weighted by molar-refractivity contribution is 0.277. The van der Waals surface area contributed by atoms with E-state index in [1.54, 1.807) is 30.9 Å². The smallest absolute Gasteiger partial charge is 0.260 e. The van der Waals surface area contributed by atoms with E-state index in [1.807, 2.05) is 0 Å². The van der Waals surface area contributed by atoms with Gasteiger partial charge in [0, 0.05) is 24.5 Å². The van der Waals surface area contributed by atoms with Crippen LogP contribution in [0.3, 0.4) is 0 Å². The van der Waals surface area contributed by atoms with E-state index in [-0.39, 0.29) is 23.7 Å². The standard InChI is InChI=1S/C10H15N5O3S/c1-7-9(6-16)10(13-12-7)19(17,18)11-5-8-3-4-15(2)14-8/h3-4,11,16H,5-6H2,1-2H3,(H,12,13). The van der Waals surface area contributed by atoms with Crippen LogP contribution in [0, 0.1) is 6.92 Å². The van der Waals surface area contributed by atoms with Gasteiger partial charge in [0.15, 0.2) is 5.03 Å². The van der Waals surface area contributed by atoms with Gasteiger partial charge in [0.05, 0.1) is 18.8 Å². The summed E-state index contributed by atoms with van der Waals surface area (Å²) in [7, 11) is -2.02. The second-order valence-corrected chi connectivity index (χ2v) is 5.78. The summed E-state index contributed by atoms with van der Waals surface area (Å²) in [6.07, 6.45) is 1.72. The average molecular weight is 285 g/mol. The van der Waals surface area contributed by atoms with Gasteiger partial charge < -0.3 is 5.11 Å². The fourth-order valence-electron chi connectivity index (χ4n) is 1.63. The van der Waals surface area contributed by atoms with Crippen LogP contribution in [0.1, 0.15) is 17.0 Å². The zero-order chi connectivity index (χ0) is 14.0. The maximum Gasteiger partial charge on any atom is 0.260 e. The monoisotopic (exact) mass is 285 g/mol. The molecule has 2 aromatic rings. The van der Waals surface area contributed by atoms with Gasteiger partial charge in [0.1, 0.15) is 0 Å². The molecule has 0 aliphatic rings. The molecule has 2 rings (SSSR count). The molecule has 0 aliphatic carbocycles. The molecule has 3 N–H and O–H groups in total. The summed E-state index contributed by atoms with van der Waals surface area (Å²) in [4.78, 5) is 0. The lowest BCUT2D eigenvalue weighted by atomic mass is 10.3. The number of aliphatic hydroxyl groups is 1. The molecule has 8 nitrogen and oxygen atoms in total. The maximum atomic E-state index is 12.1. The highest BCUT2D eigenvalue weighted by molar-refractivity contribution is 7.89. The quantitative estimate of drug-likeness (QED) is 0.680. The van der Waals surface area contributed by atoms with Gasteiger partial charge in [-0.05, 0) is 13.0 Å². The first-order valence-electron chi connectivity index (χ1n) is 5.57. The molecule has 19 heavy (non-hydrogen) atoms. The van der Waals surface area contributed by atoms with E-state index in [9.17, 15) is 13.5 Å². The SMILES string of the molecule is Cc1[nH]nc(S(=O)(=O)NCc2ccn(C)n2)c1CO. The Bertz CT molecular complexity index is 673. The second-order valence-electron chi connectivity index (χ2n) is 4.10. The Morgan fingerprint density at radius 2 is 2.26 bits per heavy atom. The number of nitrogens with zero attached hydrogens (tertiary/aromatic N) is 3. The van der Waals surface area contributed by atoms with Crippen molar-refractivity contribution < 1.29 is 13.5 Å². The van der Waals surface area contributed by atoms with E-state index in [1.165, 1.54) is 0 Å². The van der Waals surface area contributed by atoms with Crippen molar-refractivity contribution in [2.45, 2.75) is 25.1 Å². The number of aliphatic hydroxyl groups excluding tert-OH is 1. The van der Waals surface area contributed by atoms with Crippen LogP contribution in [0.4, 0.5) is 0 Å². The van der Waals surface area contributed by atoms with Gasteiger partial charge in [0.25, 0.3) is 10.0 Å². The lowest BCUT2D eigenvalue weighted by Crippen LogP contribution is -2.25. The van der Waals surface area contributed by atoms with Crippen molar-refractivity contribution in [2.24, 2.45) is 7.05 Å². The normalized spacial score (nSPS) is 11.9. The van der Waals surface area contributed by atoms with Crippen LogP contribution in [-0.4, -0.2) is 33.5 Å². The van der Waals surface area contributed by atoms with E-state index in [4.69, 9.17) is 0 Å². The third kappa shape index (κ3) is 2.83. The molecule has 0 aliphatic heterocycles. The van der Waals surface area contributed by atoms with Gasteiger partial charge in [-0.25, -0.2) is 13.1 Å². The van der Waals surface area contributed by atoms with Crippen LogP contribution >= 0.6 is 0 Å². The molecule has 0 saturated heterocycles. The molecule has 104 valence electrons. The van der Waals surface area contributed by atoms with Crippen molar-refractivity contribution in [2.75, 3.05) is 0 Å². The van der Waals surface area contributed by atoms with Crippen LogP contribution in [0.2, 0.25) is 0 Å². The zero-order valence-corrected chi connectivity index (χ0v) is 11.4. The van der Waals surface area contributed by atoms with Crippen LogP contribution < -0.4 is 4.72 Å². The minimum absolute atomic E-state index is 0.0694. The average Bonchev–Trinajstić information content (AvgIpc) is 2.93. The number of sulfonamides is 1. The predicted octanol–water partition coefficient (Wildman–Crippen LogP) is -0.578. The summed E-state index contributed by atoms with van der Waals surface area (Å²) < 4.78 is 28.1. The molecule has 0 bridgehead atoms. The van der Waals surface area contributed by atoms with Crippen molar-refractivity contribution in [1.82, 2.24) is 24.7 Å². The third-order valence-electron chi connectivity index (χ3n) is 2.66. The molecular formula is C10H15N5O3S. The van der Waals surface area contributed by atoms with Gasteiger partial charge in [-0.3, -0.25) is 9.78 Å². The van der Waals surface area contributed by atoms with E-state index in [0.717, 1.165) is 0 Å². The van der Waals surface area contributed by atoms with Crippen LogP contribution in [0.25, 0.3) is 0 Å². The highest BCUT2D eigenvalue weighted by Gasteiger charge is 2.23. The molecule has 0 fully saturated rings. The number of rotatable bonds is 5. The minimum Gasteiger partial charge on any atom is -0.392 e. The maximum absolute atomic E-state index is 12.1. The fraction of sp³-hybridized carbons (Fsp3) is 0.400. The first kappa shape index (κ1) is 13.7. The number of aromatic nitrogens is 4. The number of hydrogen-bond acceptors (Lipinski definition) is 5. The molecule has 0 aromatic carbocycles. The Morgan fingerprint density at radius 1 is 1.53 bits per heavy atom.